The fourth-order valence-corrected chi connectivity index (χ4v) is 0.644. The third kappa shape index (κ3) is 8.11. The summed E-state index contributed by atoms with van der Waals surface area (Å²) in [6.07, 6.45) is 1.00. The Morgan fingerprint density at radius 2 is 2.20 bits per heavy atom. The van der Waals surface area contributed by atoms with Gasteiger partial charge in [-0.15, -0.1) is 12.4 Å². The number of hydrogen-bond donors (Lipinski definition) is 2. The smallest absolute Gasteiger partial charge is 0.303 e. The van der Waals surface area contributed by atoms with Gasteiger partial charge < -0.3 is 5.11 Å². The van der Waals surface area contributed by atoms with Crippen molar-refractivity contribution in [3.63, 3.8) is 0 Å². The lowest BCUT2D eigenvalue weighted by molar-refractivity contribution is -0.137. The van der Waals surface area contributed by atoms with Crippen LogP contribution in [0.3, 0.4) is 0 Å². The van der Waals surface area contributed by atoms with Gasteiger partial charge in [0.2, 0.25) is 0 Å². The number of thiol groups is 1. The molecule has 0 aliphatic heterocycles. The van der Waals surface area contributed by atoms with Crippen LogP contribution in [0.2, 0.25) is 0 Å². The summed E-state index contributed by atoms with van der Waals surface area (Å²) in [6, 6.07) is 0. The maximum absolute atomic E-state index is 9.99. The van der Waals surface area contributed by atoms with Crippen LogP contribution in [0.1, 0.15) is 19.8 Å². The molecule has 62 valence electrons. The summed E-state index contributed by atoms with van der Waals surface area (Å²) in [4.78, 5) is 9.99. The molecule has 0 heterocycles. The monoisotopic (exact) mass is 184 g/mol. The molecule has 0 bridgehead atoms. The topological polar surface area (TPSA) is 37.3 Å². The summed E-state index contributed by atoms with van der Waals surface area (Å²) in [6.45, 7) is 2.00. The molecule has 0 aromatic carbocycles. The second-order valence-corrected chi connectivity index (χ2v) is 2.59. The molecule has 2 nitrogen and oxygen atoms in total. The first kappa shape index (κ1) is 12.8. The molecule has 0 aromatic heterocycles. The van der Waals surface area contributed by atoms with Crippen molar-refractivity contribution < 1.29 is 9.90 Å². The molecule has 1 atom stereocenters. The predicted molar refractivity (Wildman–Crippen MR) is 47.1 cm³/mol. The van der Waals surface area contributed by atoms with E-state index in [0.717, 1.165) is 12.2 Å². The summed E-state index contributed by atoms with van der Waals surface area (Å²) in [5.41, 5.74) is 0. The van der Waals surface area contributed by atoms with Crippen molar-refractivity contribution in [2.24, 2.45) is 5.92 Å². The van der Waals surface area contributed by atoms with Gasteiger partial charge in [0.1, 0.15) is 0 Å². The normalized spacial score (nSPS) is 11.8. The highest BCUT2D eigenvalue weighted by Gasteiger charge is 2.01. The number of carbonyl (C=O) groups is 1. The summed E-state index contributed by atoms with van der Waals surface area (Å²) in [5, 5.41) is 8.23. The highest BCUT2D eigenvalue weighted by atomic mass is 35.5. The van der Waals surface area contributed by atoms with Crippen molar-refractivity contribution in [3.05, 3.63) is 0 Å². The molecule has 0 saturated heterocycles. The van der Waals surface area contributed by atoms with E-state index in [9.17, 15) is 4.79 Å². The van der Waals surface area contributed by atoms with Crippen LogP contribution in [-0.2, 0) is 4.79 Å². The molecular weight excluding hydrogens is 172 g/mol. The second-order valence-electron chi connectivity index (χ2n) is 2.22. The number of carboxylic acids is 1. The summed E-state index contributed by atoms with van der Waals surface area (Å²) >= 11 is 4.02. The average Bonchev–Trinajstić information content (AvgIpc) is 1.83. The van der Waals surface area contributed by atoms with E-state index < -0.39 is 5.97 Å². The van der Waals surface area contributed by atoms with E-state index in [1.165, 1.54) is 0 Å². The lowest BCUT2D eigenvalue weighted by Gasteiger charge is -2.02. The zero-order valence-electron chi connectivity index (χ0n) is 5.91. The largest absolute Gasteiger partial charge is 0.481 e. The van der Waals surface area contributed by atoms with E-state index in [0.29, 0.717) is 5.92 Å². The Morgan fingerprint density at radius 3 is 2.50 bits per heavy atom. The maximum atomic E-state index is 9.99. The fraction of sp³-hybridized carbons (Fsp3) is 0.833. The molecule has 10 heavy (non-hydrogen) atoms. The van der Waals surface area contributed by atoms with Gasteiger partial charge in [0, 0.05) is 6.42 Å². The number of carboxylic acid groups (broad SMARTS) is 1. The van der Waals surface area contributed by atoms with Crippen LogP contribution in [0.5, 0.6) is 0 Å². The standard InChI is InChI=1S/C6H12O2S.ClH/c1-5(4-9)2-3-6(7)8;/h5,9H,2-4H2,1H3,(H,7,8);1H. The third-order valence-electron chi connectivity index (χ3n) is 1.16. The van der Waals surface area contributed by atoms with Crippen molar-refractivity contribution in [2.75, 3.05) is 5.75 Å². The van der Waals surface area contributed by atoms with Gasteiger partial charge in [0.05, 0.1) is 0 Å². The predicted octanol–water partition coefficient (Wildman–Crippen LogP) is 1.84. The minimum atomic E-state index is -0.719. The van der Waals surface area contributed by atoms with Crippen LogP contribution >= 0.6 is 25.0 Å². The first-order valence-corrected chi connectivity index (χ1v) is 3.62. The molecule has 0 fully saturated rings. The molecule has 4 heteroatoms. The molecule has 0 spiro atoms. The van der Waals surface area contributed by atoms with E-state index in [1.54, 1.807) is 0 Å². The Hall–Kier alpha value is 0.110. The fourth-order valence-electron chi connectivity index (χ4n) is 0.461. The zero-order chi connectivity index (χ0) is 7.28. The van der Waals surface area contributed by atoms with Gasteiger partial charge in [-0.1, -0.05) is 6.92 Å². The van der Waals surface area contributed by atoms with Gasteiger partial charge >= 0.3 is 5.97 Å². The van der Waals surface area contributed by atoms with E-state index >= 15 is 0 Å². The quantitative estimate of drug-likeness (QED) is 0.655. The Kier molecular flexibility index (Phi) is 9.21. The number of halogens is 1. The highest BCUT2D eigenvalue weighted by Crippen LogP contribution is 2.05. The SMILES string of the molecule is CC(CS)CCC(=O)O.Cl. The Morgan fingerprint density at radius 1 is 1.70 bits per heavy atom. The Bertz CT molecular complexity index is 97.7. The lowest BCUT2D eigenvalue weighted by Crippen LogP contribution is -2.01. The minimum Gasteiger partial charge on any atom is -0.481 e. The van der Waals surface area contributed by atoms with Crippen LogP contribution in [0.15, 0.2) is 0 Å². The van der Waals surface area contributed by atoms with Gasteiger partial charge in [0.15, 0.2) is 0 Å². The first-order valence-electron chi connectivity index (χ1n) is 2.99. The summed E-state index contributed by atoms with van der Waals surface area (Å²) < 4.78 is 0. The van der Waals surface area contributed by atoms with Gasteiger partial charge in [-0.25, -0.2) is 0 Å². The second kappa shape index (κ2) is 7.22. The van der Waals surface area contributed by atoms with Gasteiger partial charge in [-0.2, -0.15) is 12.6 Å². The molecule has 0 amide bonds. The van der Waals surface area contributed by atoms with Crippen LogP contribution < -0.4 is 0 Å². The highest BCUT2D eigenvalue weighted by molar-refractivity contribution is 7.80. The summed E-state index contributed by atoms with van der Waals surface area (Å²) in [7, 11) is 0. The Labute approximate surface area is 72.8 Å². The van der Waals surface area contributed by atoms with Crippen molar-refractivity contribution in [3.8, 4) is 0 Å². The first-order chi connectivity index (χ1) is 4.16. The maximum Gasteiger partial charge on any atom is 0.303 e. The zero-order valence-corrected chi connectivity index (χ0v) is 7.62. The molecule has 0 radical (unpaired) electrons. The number of aliphatic carboxylic acids is 1. The average molecular weight is 185 g/mol. The Balaban J connectivity index is 0. The van der Waals surface area contributed by atoms with Gasteiger partial charge in [-0.3, -0.25) is 4.79 Å². The molecular formula is C6H13ClO2S. The lowest BCUT2D eigenvalue weighted by atomic mass is 10.1. The van der Waals surface area contributed by atoms with E-state index in [4.69, 9.17) is 5.11 Å². The molecule has 0 saturated carbocycles. The third-order valence-corrected chi connectivity index (χ3v) is 1.79. The van der Waals surface area contributed by atoms with Crippen LogP contribution in [-0.4, -0.2) is 16.8 Å². The molecule has 0 aliphatic rings. The molecule has 1 N–H and O–H groups in total. The van der Waals surface area contributed by atoms with E-state index in [1.807, 2.05) is 6.92 Å². The van der Waals surface area contributed by atoms with Crippen LogP contribution in [0, 0.1) is 5.92 Å². The van der Waals surface area contributed by atoms with Crippen molar-refractivity contribution in [1.82, 2.24) is 0 Å². The van der Waals surface area contributed by atoms with Crippen molar-refractivity contribution in [2.45, 2.75) is 19.8 Å². The van der Waals surface area contributed by atoms with Gasteiger partial charge in [0.25, 0.3) is 0 Å². The van der Waals surface area contributed by atoms with Crippen LogP contribution in [0.25, 0.3) is 0 Å². The van der Waals surface area contributed by atoms with E-state index in [-0.39, 0.29) is 18.8 Å². The molecule has 0 rings (SSSR count). The minimum absolute atomic E-state index is 0. The number of hydrogen-bond acceptors (Lipinski definition) is 2. The van der Waals surface area contributed by atoms with Crippen molar-refractivity contribution >= 4 is 31.0 Å². The molecule has 0 aliphatic carbocycles. The molecule has 1 unspecified atom stereocenters. The number of rotatable bonds is 4. The van der Waals surface area contributed by atoms with E-state index in [2.05, 4.69) is 12.6 Å². The van der Waals surface area contributed by atoms with Gasteiger partial charge in [-0.05, 0) is 18.1 Å². The van der Waals surface area contributed by atoms with Crippen molar-refractivity contribution in [1.29, 1.82) is 0 Å². The molecule has 0 aromatic rings. The summed E-state index contributed by atoms with van der Waals surface area (Å²) in [5.74, 6) is 0.473. The van der Waals surface area contributed by atoms with Crippen LogP contribution in [0.4, 0.5) is 0 Å².